The molecule has 3 nitrogen and oxygen atoms in total. The maximum Gasteiger partial charge on any atom is 0.267 e. The Hall–Kier alpha value is -0.640. The Balaban J connectivity index is 2.81. The van der Waals surface area contributed by atoms with Crippen molar-refractivity contribution in [3.8, 4) is 0 Å². The van der Waals surface area contributed by atoms with Crippen LogP contribution in [0.3, 0.4) is 0 Å². The molecule has 0 N–H and O–H groups in total. The number of imide groups is 1. The summed E-state index contributed by atoms with van der Waals surface area (Å²) in [6.45, 7) is 2.05. The fourth-order valence-corrected chi connectivity index (χ4v) is 1.87. The molecule has 4 heteroatoms. The number of carbonyl (C=O) groups is 2. The zero-order valence-corrected chi connectivity index (χ0v) is 9.35. The molecule has 1 aliphatic rings. The lowest BCUT2D eigenvalue weighted by Crippen LogP contribution is -2.26. The maximum atomic E-state index is 11.4. The Kier molecular flexibility index (Phi) is 3.25. The van der Waals surface area contributed by atoms with Crippen LogP contribution in [0.5, 0.6) is 0 Å². The summed E-state index contributed by atoms with van der Waals surface area (Å²) in [5.41, 5.74) is 0.620. The fraction of sp³-hybridized carbons (Fsp3) is 0.556. The van der Waals surface area contributed by atoms with Gasteiger partial charge in [0.1, 0.15) is 0 Å². The summed E-state index contributed by atoms with van der Waals surface area (Å²) in [4.78, 5) is 23.9. The lowest BCUT2D eigenvalue weighted by molar-refractivity contribution is -0.135. The predicted octanol–water partition coefficient (Wildman–Crippen LogP) is 1.82. The van der Waals surface area contributed by atoms with Crippen LogP contribution in [0.2, 0.25) is 0 Å². The third-order valence-corrected chi connectivity index (χ3v) is 2.92. The first-order valence-electron chi connectivity index (χ1n) is 4.30. The van der Waals surface area contributed by atoms with Gasteiger partial charge in [-0.15, -0.1) is 0 Å². The maximum absolute atomic E-state index is 11.4. The number of carbonyl (C=O) groups excluding carboxylic acids is 2. The van der Waals surface area contributed by atoms with Gasteiger partial charge in [0.25, 0.3) is 11.8 Å². The van der Waals surface area contributed by atoms with Crippen molar-refractivity contribution in [2.24, 2.45) is 0 Å². The molecule has 0 saturated heterocycles. The Bertz CT molecular complexity index is 283. The van der Waals surface area contributed by atoms with E-state index in [2.05, 4.69) is 22.9 Å². The van der Waals surface area contributed by atoms with Crippen LogP contribution in [0.15, 0.2) is 10.1 Å². The highest BCUT2D eigenvalue weighted by molar-refractivity contribution is 9.12. The number of hydrogen-bond donors (Lipinski definition) is 0. The lowest BCUT2D eigenvalue weighted by atomic mass is 10.1. The van der Waals surface area contributed by atoms with E-state index < -0.39 is 0 Å². The van der Waals surface area contributed by atoms with E-state index in [1.165, 1.54) is 7.05 Å². The highest BCUT2D eigenvalue weighted by Gasteiger charge is 2.33. The molecule has 72 valence electrons. The van der Waals surface area contributed by atoms with Crippen molar-refractivity contribution < 1.29 is 9.59 Å². The number of likely N-dealkylation sites (N-methyl/N-ethyl adjacent to an activating group) is 1. The smallest absolute Gasteiger partial charge is 0.267 e. The van der Waals surface area contributed by atoms with Crippen LogP contribution in [0.1, 0.15) is 26.2 Å². The fourth-order valence-electron chi connectivity index (χ4n) is 1.24. The SMILES string of the molecule is CCCCC1=C(Br)C(=O)N(C)C1=O. The number of nitrogens with zero attached hydrogens (tertiary/aromatic N) is 1. The quantitative estimate of drug-likeness (QED) is 0.712. The van der Waals surface area contributed by atoms with Crippen molar-refractivity contribution in [2.75, 3.05) is 7.05 Å². The zero-order valence-electron chi connectivity index (χ0n) is 7.76. The lowest BCUT2D eigenvalue weighted by Gasteiger charge is -2.05. The van der Waals surface area contributed by atoms with Gasteiger partial charge in [-0.1, -0.05) is 13.3 Å². The Morgan fingerprint density at radius 2 is 1.92 bits per heavy atom. The molecule has 0 unspecified atom stereocenters. The molecule has 1 aliphatic heterocycles. The van der Waals surface area contributed by atoms with Crippen LogP contribution in [0, 0.1) is 0 Å². The average molecular weight is 246 g/mol. The standard InChI is InChI=1S/C9H12BrNO2/c1-3-4-5-6-7(10)9(13)11(2)8(6)12/h3-5H2,1-2H3. The van der Waals surface area contributed by atoms with Crippen molar-refractivity contribution >= 4 is 27.7 Å². The summed E-state index contributed by atoms with van der Waals surface area (Å²) in [5.74, 6) is -0.388. The number of rotatable bonds is 3. The van der Waals surface area contributed by atoms with Gasteiger partial charge in [-0.2, -0.15) is 0 Å². The van der Waals surface area contributed by atoms with E-state index in [9.17, 15) is 9.59 Å². The molecule has 0 atom stereocenters. The number of unbranched alkanes of at least 4 members (excludes halogenated alkanes) is 1. The van der Waals surface area contributed by atoms with Gasteiger partial charge in [0, 0.05) is 12.6 Å². The van der Waals surface area contributed by atoms with Gasteiger partial charge in [-0.3, -0.25) is 14.5 Å². The minimum atomic E-state index is -0.226. The second-order valence-corrected chi connectivity index (χ2v) is 3.86. The van der Waals surface area contributed by atoms with Gasteiger partial charge < -0.3 is 0 Å². The molecular weight excluding hydrogens is 234 g/mol. The van der Waals surface area contributed by atoms with Gasteiger partial charge in [0.05, 0.1) is 4.48 Å². The molecule has 0 saturated carbocycles. The molecule has 2 amide bonds. The van der Waals surface area contributed by atoms with Crippen molar-refractivity contribution in [3.63, 3.8) is 0 Å². The highest BCUT2D eigenvalue weighted by atomic mass is 79.9. The topological polar surface area (TPSA) is 37.4 Å². The molecule has 0 aromatic carbocycles. The molecule has 0 aromatic rings. The third-order valence-electron chi connectivity index (χ3n) is 2.10. The largest absolute Gasteiger partial charge is 0.277 e. The van der Waals surface area contributed by atoms with Crippen molar-refractivity contribution in [1.29, 1.82) is 0 Å². The number of amides is 2. The predicted molar refractivity (Wildman–Crippen MR) is 53.3 cm³/mol. The first-order valence-corrected chi connectivity index (χ1v) is 5.10. The van der Waals surface area contributed by atoms with E-state index in [-0.39, 0.29) is 11.8 Å². The monoisotopic (exact) mass is 245 g/mol. The third kappa shape index (κ3) is 1.82. The summed E-state index contributed by atoms with van der Waals surface area (Å²) in [5, 5.41) is 0. The first kappa shape index (κ1) is 10.4. The highest BCUT2D eigenvalue weighted by Crippen LogP contribution is 2.27. The summed E-state index contributed by atoms with van der Waals surface area (Å²) < 4.78 is 0.438. The van der Waals surface area contributed by atoms with Crippen LogP contribution < -0.4 is 0 Å². The summed E-state index contributed by atoms with van der Waals surface area (Å²) in [6.07, 6.45) is 2.65. The molecule has 0 radical (unpaired) electrons. The van der Waals surface area contributed by atoms with Crippen LogP contribution in [-0.2, 0) is 9.59 Å². The average Bonchev–Trinajstić information content (AvgIpc) is 2.30. The van der Waals surface area contributed by atoms with Crippen LogP contribution in [0.25, 0.3) is 0 Å². The summed E-state index contributed by atoms with van der Waals surface area (Å²) in [7, 11) is 1.50. The minimum absolute atomic E-state index is 0.162. The van der Waals surface area contributed by atoms with Crippen molar-refractivity contribution in [2.45, 2.75) is 26.2 Å². The summed E-state index contributed by atoms with van der Waals surface area (Å²) in [6, 6.07) is 0. The van der Waals surface area contributed by atoms with Crippen molar-refractivity contribution in [3.05, 3.63) is 10.1 Å². The molecule has 0 fully saturated rings. The van der Waals surface area contributed by atoms with E-state index in [0.29, 0.717) is 16.5 Å². The first-order chi connectivity index (χ1) is 6.09. The molecule has 0 spiro atoms. The van der Waals surface area contributed by atoms with Gasteiger partial charge in [0.2, 0.25) is 0 Å². The summed E-state index contributed by atoms with van der Waals surface area (Å²) >= 11 is 3.15. The molecule has 0 aromatic heterocycles. The van der Waals surface area contributed by atoms with Gasteiger partial charge in [0.15, 0.2) is 0 Å². The van der Waals surface area contributed by atoms with E-state index in [0.717, 1.165) is 17.7 Å². The Labute approximate surface area is 85.9 Å². The van der Waals surface area contributed by atoms with E-state index in [4.69, 9.17) is 0 Å². The molecule has 13 heavy (non-hydrogen) atoms. The van der Waals surface area contributed by atoms with Crippen molar-refractivity contribution in [1.82, 2.24) is 4.90 Å². The molecule has 1 heterocycles. The Morgan fingerprint density at radius 1 is 1.31 bits per heavy atom. The molecule has 0 aliphatic carbocycles. The second kappa shape index (κ2) is 4.05. The number of halogens is 1. The second-order valence-electron chi connectivity index (χ2n) is 3.07. The minimum Gasteiger partial charge on any atom is -0.277 e. The normalized spacial score (nSPS) is 17.6. The van der Waals surface area contributed by atoms with Crippen LogP contribution >= 0.6 is 15.9 Å². The van der Waals surface area contributed by atoms with E-state index in [1.54, 1.807) is 0 Å². The van der Waals surface area contributed by atoms with Gasteiger partial charge in [-0.05, 0) is 28.8 Å². The number of hydrogen-bond acceptors (Lipinski definition) is 2. The zero-order chi connectivity index (χ0) is 10.0. The Morgan fingerprint density at radius 3 is 2.31 bits per heavy atom. The van der Waals surface area contributed by atoms with Crippen LogP contribution in [-0.4, -0.2) is 23.8 Å². The van der Waals surface area contributed by atoms with Gasteiger partial charge >= 0.3 is 0 Å². The molecule has 0 bridgehead atoms. The van der Waals surface area contributed by atoms with E-state index in [1.807, 2.05) is 0 Å². The molecular formula is C9H12BrNO2. The van der Waals surface area contributed by atoms with Gasteiger partial charge in [-0.25, -0.2) is 0 Å². The van der Waals surface area contributed by atoms with E-state index >= 15 is 0 Å². The van der Waals surface area contributed by atoms with Crippen LogP contribution in [0.4, 0.5) is 0 Å². The molecule has 1 rings (SSSR count).